The summed E-state index contributed by atoms with van der Waals surface area (Å²) >= 11 is 0. The van der Waals surface area contributed by atoms with Crippen LogP contribution in [0.25, 0.3) is 0 Å². The maximum absolute atomic E-state index is 13.8. The van der Waals surface area contributed by atoms with Crippen molar-refractivity contribution < 1.29 is 27.5 Å². The summed E-state index contributed by atoms with van der Waals surface area (Å²) in [5, 5.41) is 9.21. The van der Waals surface area contributed by atoms with E-state index in [4.69, 9.17) is 10.5 Å². The van der Waals surface area contributed by atoms with E-state index in [2.05, 4.69) is 0 Å². The second-order valence-electron chi connectivity index (χ2n) is 7.70. The van der Waals surface area contributed by atoms with Crippen LogP contribution in [0.15, 0.2) is 60.7 Å². The average molecular weight is 465 g/mol. The monoisotopic (exact) mass is 465 g/mol. The largest absolute Gasteiger partial charge is 0.456 e. The highest BCUT2D eigenvalue weighted by molar-refractivity contribution is 6.21. The predicted octanol–water partition coefficient (Wildman–Crippen LogP) is 5.18. The van der Waals surface area contributed by atoms with E-state index < -0.39 is 23.6 Å². The molecule has 0 radical (unpaired) electrons. The Hall–Kier alpha value is -4.32. The van der Waals surface area contributed by atoms with Gasteiger partial charge < -0.3 is 10.5 Å². The van der Waals surface area contributed by atoms with Gasteiger partial charge in [-0.1, -0.05) is 18.2 Å². The predicted molar refractivity (Wildman–Crippen MR) is 117 cm³/mol. The molecule has 2 N–H and O–H groups in total. The molecule has 1 heterocycles. The van der Waals surface area contributed by atoms with Gasteiger partial charge in [0, 0.05) is 12.2 Å². The maximum Gasteiger partial charge on any atom is 0.416 e. The molecule has 0 spiro atoms. The molecule has 0 bridgehead atoms. The molecule has 6 nitrogen and oxygen atoms in total. The number of hydrogen-bond donors (Lipinski definition) is 1. The summed E-state index contributed by atoms with van der Waals surface area (Å²) < 4.78 is 46.8. The number of imide groups is 1. The van der Waals surface area contributed by atoms with Gasteiger partial charge in [0.2, 0.25) is 0 Å². The molecule has 0 atom stereocenters. The molecule has 0 aromatic heterocycles. The highest BCUT2D eigenvalue weighted by Crippen LogP contribution is 2.37. The van der Waals surface area contributed by atoms with Crippen molar-refractivity contribution >= 4 is 17.5 Å². The molecular formula is C25H18F3N3O3. The molecule has 3 aromatic carbocycles. The van der Waals surface area contributed by atoms with Crippen molar-refractivity contribution in [2.45, 2.75) is 19.0 Å². The van der Waals surface area contributed by atoms with Gasteiger partial charge in [-0.25, -0.2) is 0 Å². The second-order valence-corrected chi connectivity index (χ2v) is 7.70. The number of halogens is 3. The Balaban J connectivity index is 1.50. The lowest BCUT2D eigenvalue weighted by atomic mass is 10.0. The van der Waals surface area contributed by atoms with Crippen molar-refractivity contribution in [1.29, 1.82) is 5.26 Å². The van der Waals surface area contributed by atoms with Gasteiger partial charge in [0.15, 0.2) is 0 Å². The van der Waals surface area contributed by atoms with Crippen LogP contribution in [0.5, 0.6) is 11.5 Å². The third-order valence-electron chi connectivity index (χ3n) is 5.44. The molecule has 0 unspecified atom stereocenters. The summed E-state index contributed by atoms with van der Waals surface area (Å²) in [4.78, 5) is 25.9. The first-order valence-electron chi connectivity index (χ1n) is 10.3. The fourth-order valence-corrected chi connectivity index (χ4v) is 3.82. The Morgan fingerprint density at radius 1 is 0.971 bits per heavy atom. The van der Waals surface area contributed by atoms with Crippen molar-refractivity contribution in [3.8, 4) is 17.6 Å². The summed E-state index contributed by atoms with van der Waals surface area (Å²) in [5.74, 6) is -0.893. The standard InChI is InChI=1S/C25H18F3N3O3/c26-25(27,28)21-13-18(34-22-10-8-17(30)12-16(22)14-29)9-7-15(21)4-3-11-31-23(32)19-5-1-2-6-20(19)24(31)33/h1-2,5-10,12-13H,3-4,11,30H2. The van der Waals surface area contributed by atoms with Crippen LogP contribution in [0.4, 0.5) is 18.9 Å². The Morgan fingerprint density at radius 3 is 2.26 bits per heavy atom. The van der Waals surface area contributed by atoms with Crippen molar-refractivity contribution in [2.75, 3.05) is 12.3 Å². The summed E-state index contributed by atoms with van der Waals surface area (Å²) in [5.41, 5.74) is 5.77. The molecule has 1 aliphatic heterocycles. The van der Waals surface area contributed by atoms with Crippen LogP contribution in [-0.2, 0) is 12.6 Å². The van der Waals surface area contributed by atoms with E-state index >= 15 is 0 Å². The number of aryl methyl sites for hydroxylation is 1. The van der Waals surface area contributed by atoms with Crippen LogP contribution in [0, 0.1) is 11.3 Å². The number of nitrogen functional groups attached to an aromatic ring is 1. The minimum atomic E-state index is -4.65. The lowest BCUT2D eigenvalue weighted by molar-refractivity contribution is -0.138. The average Bonchev–Trinajstić information content (AvgIpc) is 3.05. The van der Waals surface area contributed by atoms with Gasteiger partial charge in [0.1, 0.15) is 17.6 Å². The van der Waals surface area contributed by atoms with Gasteiger partial charge in [0.25, 0.3) is 11.8 Å². The Kier molecular flexibility index (Phi) is 5.99. The summed E-state index contributed by atoms with van der Waals surface area (Å²) in [7, 11) is 0. The van der Waals surface area contributed by atoms with Crippen LogP contribution in [0.3, 0.4) is 0 Å². The lowest BCUT2D eigenvalue weighted by Crippen LogP contribution is -2.31. The lowest BCUT2D eigenvalue weighted by Gasteiger charge is -2.17. The van der Waals surface area contributed by atoms with Crippen LogP contribution in [0.2, 0.25) is 0 Å². The number of carbonyl (C=O) groups excluding carboxylic acids is 2. The van der Waals surface area contributed by atoms with Crippen molar-refractivity contribution in [1.82, 2.24) is 4.90 Å². The highest BCUT2D eigenvalue weighted by Gasteiger charge is 2.36. The van der Waals surface area contributed by atoms with E-state index in [-0.39, 0.29) is 42.0 Å². The third-order valence-corrected chi connectivity index (χ3v) is 5.44. The Labute approximate surface area is 193 Å². The Morgan fingerprint density at radius 2 is 1.65 bits per heavy atom. The van der Waals surface area contributed by atoms with Crippen molar-refractivity contribution in [2.24, 2.45) is 0 Å². The van der Waals surface area contributed by atoms with Crippen molar-refractivity contribution in [3.05, 3.63) is 88.5 Å². The van der Waals surface area contributed by atoms with E-state index in [1.54, 1.807) is 24.3 Å². The van der Waals surface area contributed by atoms with Gasteiger partial charge in [-0.2, -0.15) is 18.4 Å². The fraction of sp³-hybridized carbons (Fsp3) is 0.160. The first-order valence-corrected chi connectivity index (χ1v) is 10.3. The highest BCUT2D eigenvalue weighted by atomic mass is 19.4. The number of carbonyl (C=O) groups is 2. The summed E-state index contributed by atoms with van der Waals surface area (Å²) in [6, 6.07) is 16.1. The maximum atomic E-state index is 13.8. The van der Waals surface area contributed by atoms with E-state index in [0.717, 1.165) is 11.0 Å². The molecule has 0 saturated carbocycles. The molecule has 4 rings (SSSR count). The SMILES string of the molecule is N#Cc1cc(N)ccc1Oc1ccc(CCCN2C(=O)c3ccccc3C2=O)c(C(F)(F)F)c1. The van der Waals surface area contributed by atoms with Gasteiger partial charge in [0.05, 0.1) is 22.3 Å². The number of nitrogens with two attached hydrogens (primary N) is 1. The second kappa shape index (κ2) is 8.90. The number of nitrogens with zero attached hydrogens (tertiary/aromatic N) is 2. The fourth-order valence-electron chi connectivity index (χ4n) is 3.82. The van der Waals surface area contributed by atoms with E-state index in [1.165, 1.54) is 30.3 Å². The normalized spacial score (nSPS) is 13.1. The van der Waals surface area contributed by atoms with Crippen molar-refractivity contribution in [3.63, 3.8) is 0 Å². The zero-order chi connectivity index (χ0) is 24.5. The number of hydrogen-bond acceptors (Lipinski definition) is 5. The minimum Gasteiger partial charge on any atom is -0.456 e. The summed E-state index contributed by atoms with van der Waals surface area (Å²) in [6.07, 6.45) is -4.50. The van der Waals surface area contributed by atoms with Gasteiger partial charge >= 0.3 is 6.18 Å². The minimum absolute atomic E-state index is 0.00113. The van der Waals surface area contributed by atoms with Crippen LogP contribution in [0.1, 0.15) is 43.8 Å². The molecule has 0 aliphatic carbocycles. The summed E-state index contributed by atoms with van der Waals surface area (Å²) in [6.45, 7) is -0.00113. The Bertz CT molecular complexity index is 1290. The van der Waals surface area contributed by atoms with E-state index in [9.17, 15) is 28.0 Å². The molecule has 0 fully saturated rings. The number of benzene rings is 3. The van der Waals surface area contributed by atoms with Crippen LogP contribution >= 0.6 is 0 Å². The van der Waals surface area contributed by atoms with E-state index in [1.807, 2.05) is 6.07 Å². The first kappa shape index (κ1) is 22.9. The molecular weight excluding hydrogens is 447 g/mol. The van der Waals surface area contributed by atoms with Gasteiger partial charge in [-0.05, 0) is 60.9 Å². The number of ether oxygens (including phenoxy) is 1. The van der Waals surface area contributed by atoms with E-state index in [0.29, 0.717) is 16.8 Å². The first-order chi connectivity index (χ1) is 16.2. The quantitative estimate of drug-likeness (QED) is 0.400. The van der Waals surface area contributed by atoms with Gasteiger partial charge in [-0.3, -0.25) is 14.5 Å². The number of nitriles is 1. The van der Waals surface area contributed by atoms with Gasteiger partial charge in [-0.15, -0.1) is 0 Å². The number of fused-ring (bicyclic) bond motifs is 1. The molecule has 0 saturated heterocycles. The molecule has 9 heteroatoms. The molecule has 3 aromatic rings. The molecule has 172 valence electrons. The number of rotatable bonds is 6. The van der Waals surface area contributed by atoms with Crippen LogP contribution < -0.4 is 10.5 Å². The number of anilines is 1. The third kappa shape index (κ3) is 4.43. The number of amides is 2. The smallest absolute Gasteiger partial charge is 0.416 e. The number of alkyl halides is 3. The molecule has 1 aliphatic rings. The molecule has 34 heavy (non-hydrogen) atoms. The zero-order valence-electron chi connectivity index (χ0n) is 17.7. The van der Waals surface area contributed by atoms with Crippen LogP contribution in [-0.4, -0.2) is 23.3 Å². The topological polar surface area (TPSA) is 96.4 Å². The molecule has 2 amide bonds. The zero-order valence-corrected chi connectivity index (χ0v) is 17.7.